The molecule has 8 nitrogen and oxygen atoms in total. The minimum atomic E-state index is -3.68. The molecule has 1 aliphatic heterocycles. The zero-order chi connectivity index (χ0) is 20.1. The topological polar surface area (TPSA) is 109 Å². The van der Waals surface area contributed by atoms with Gasteiger partial charge in [0, 0.05) is 17.8 Å². The molecule has 29 heavy (non-hydrogen) atoms. The molecule has 1 aliphatic rings. The van der Waals surface area contributed by atoms with E-state index in [0.29, 0.717) is 28.8 Å². The zero-order valence-electron chi connectivity index (χ0n) is 15.7. The van der Waals surface area contributed by atoms with Crippen LogP contribution in [0.4, 0.5) is 11.5 Å². The van der Waals surface area contributed by atoms with Crippen molar-refractivity contribution in [3.63, 3.8) is 0 Å². The first-order valence-electron chi connectivity index (χ1n) is 9.43. The molecular weight excluding hydrogens is 388 g/mol. The SMILES string of the molecule is O=S(=O)(Nc1cncc(-c2cncc(NC3CCNCC3)n2)c1)c1ccccc1. The van der Waals surface area contributed by atoms with Crippen molar-refractivity contribution in [2.24, 2.45) is 0 Å². The average molecular weight is 411 g/mol. The smallest absolute Gasteiger partial charge is 0.261 e. The molecule has 3 aromatic rings. The van der Waals surface area contributed by atoms with E-state index in [1.807, 2.05) is 0 Å². The molecule has 0 atom stereocenters. The van der Waals surface area contributed by atoms with Gasteiger partial charge in [0.2, 0.25) is 0 Å². The number of nitrogens with one attached hydrogen (secondary N) is 3. The van der Waals surface area contributed by atoms with Gasteiger partial charge in [-0.25, -0.2) is 13.4 Å². The maximum absolute atomic E-state index is 12.5. The molecular formula is C20H22N6O2S. The van der Waals surface area contributed by atoms with Crippen LogP contribution < -0.4 is 15.4 Å². The highest BCUT2D eigenvalue weighted by atomic mass is 32.2. The van der Waals surface area contributed by atoms with Gasteiger partial charge in [-0.1, -0.05) is 18.2 Å². The predicted octanol–water partition coefficient (Wildman–Crippen LogP) is 2.50. The third-order valence-corrected chi connectivity index (χ3v) is 6.06. The molecule has 0 aliphatic carbocycles. The van der Waals surface area contributed by atoms with Crippen molar-refractivity contribution < 1.29 is 8.42 Å². The summed E-state index contributed by atoms with van der Waals surface area (Å²) >= 11 is 0. The number of aromatic nitrogens is 3. The monoisotopic (exact) mass is 410 g/mol. The fourth-order valence-electron chi connectivity index (χ4n) is 3.20. The lowest BCUT2D eigenvalue weighted by Crippen LogP contribution is -2.35. The number of hydrogen-bond donors (Lipinski definition) is 3. The van der Waals surface area contributed by atoms with E-state index in [0.717, 1.165) is 25.9 Å². The highest BCUT2D eigenvalue weighted by Gasteiger charge is 2.15. The Bertz CT molecular complexity index is 1070. The van der Waals surface area contributed by atoms with Crippen LogP contribution in [-0.2, 0) is 10.0 Å². The van der Waals surface area contributed by atoms with Gasteiger partial charge in [0.05, 0.1) is 34.9 Å². The van der Waals surface area contributed by atoms with Gasteiger partial charge in [-0.05, 0) is 44.1 Å². The van der Waals surface area contributed by atoms with E-state index in [1.165, 1.54) is 6.20 Å². The van der Waals surface area contributed by atoms with E-state index < -0.39 is 10.0 Å². The van der Waals surface area contributed by atoms with Gasteiger partial charge in [-0.3, -0.25) is 14.7 Å². The number of nitrogens with zero attached hydrogens (tertiary/aromatic N) is 3. The zero-order valence-corrected chi connectivity index (χ0v) is 16.6. The predicted molar refractivity (Wildman–Crippen MR) is 112 cm³/mol. The van der Waals surface area contributed by atoms with Crippen LogP contribution in [0.25, 0.3) is 11.3 Å². The van der Waals surface area contributed by atoms with Crippen LogP contribution in [-0.4, -0.2) is 42.5 Å². The molecule has 3 heterocycles. The lowest BCUT2D eigenvalue weighted by atomic mass is 10.1. The molecule has 2 aromatic heterocycles. The third-order valence-electron chi connectivity index (χ3n) is 4.67. The van der Waals surface area contributed by atoms with Gasteiger partial charge in [0.15, 0.2) is 0 Å². The van der Waals surface area contributed by atoms with Gasteiger partial charge in [-0.15, -0.1) is 0 Å². The van der Waals surface area contributed by atoms with Crippen LogP contribution in [0.5, 0.6) is 0 Å². The first-order valence-corrected chi connectivity index (χ1v) is 10.9. The maximum Gasteiger partial charge on any atom is 0.261 e. The van der Waals surface area contributed by atoms with Crippen molar-refractivity contribution in [1.29, 1.82) is 0 Å². The fourth-order valence-corrected chi connectivity index (χ4v) is 4.25. The molecule has 0 amide bonds. The van der Waals surface area contributed by atoms with E-state index in [2.05, 4.69) is 30.3 Å². The second-order valence-corrected chi connectivity index (χ2v) is 8.52. The summed E-state index contributed by atoms with van der Waals surface area (Å²) in [7, 11) is -3.68. The van der Waals surface area contributed by atoms with Crippen molar-refractivity contribution in [2.45, 2.75) is 23.8 Å². The van der Waals surface area contributed by atoms with Crippen LogP contribution in [0.3, 0.4) is 0 Å². The van der Waals surface area contributed by atoms with E-state index in [-0.39, 0.29) is 4.90 Å². The Balaban J connectivity index is 1.53. The maximum atomic E-state index is 12.5. The van der Waals surface area contributed by atoms with E-state index in [4.69, 9.17) is 0 Å². The van der Waals surface area contributed by atoms with Crippen molar-refractivity contribution >= 4 is 21.5 Å². The van der Waals surface area contributed by atoms with Gasteiger partial charge in [0.1, 0.15) is 5.82 Å². The number of sulfonamides is 1. The van der Waals surface area contributed by atoms with Crippen molar-refractivity contribution in [3.8, 4) is 11.3 Å². The van der Waals surface area contributed by atoms with Gasteiger partial charge in [0.25, 0.3) is 10.0 Å². The number of hydrogen-bond acceptors (Lipinski definition) is 7. The molecule has 0 bridgehead atoms. The summed E-state index contributed by atoms with van der Waals surface area (Å²) in [5, 5.41) is 6.75. The number of pyridine rings is 1. The largest absolute Gasteiger partial charge is 0.366 e. The Labute approximate surface area is 169 Å². The molecule has 0 unspecified atom stereocenters. The molecule has 9 heteroatoms. The Morgan fingerprint density at radius 3 is 2.52 bits per heavy atom. The van der Waals surface area contributed by atoms with E-state index in [1.54, 1.807) is 55.0 Å². The normalized spacial score (nSPS) is 15.0. The van der Waals surface area contributed by atoms with Crippen molar-refractivity contribution in [1.82, 2.24) is 20.3 Å². The summed E-state index contributed by atoms with van der Waals surface area (Å²) in [5.41, 5.74) is 1.67. The highest BCUT2D eigenvalue weighted by Crippen LogP contribution is 2.23. The number of benzene rings is 1. The second kappa shape index (κ2) is 8.54. The van der Waals surface area contributed by atoms with Gasteiger partial charge in [-0.2, -0.15) is 0 Å². The fraction of sp³-hybridized carbons (Fsp3) is 0.250. The van der Waals surface area contributed by atoms with Crippen LogP contribution in [0.1, 0.15) is 12.8 Å². The molecule has 0 saturated carbocycles. The number of anilines is 2. The van der Waals surface area contributed by atoms with Crippen LogP contribution >= 0.6 is 0 Å². The summed E-state index contributed by atoms with van der Waals surface area (Å²) in [6, 6.07) is 10.3. The average Bonchev–Trinajstić information content (AvgIpc) is 2.75. The van der Waals surface area contributed by atoms with E-state index in [9.17, 15) is 8.42 Å². The second-order valence-electron chi connectivity index (χ2n) is 6.84. The molecule has 0 spiro atoms. The lowest BCUT2D eigenvalue weighted by molar-refractivity contribution is 0.478. The Morgan fingerprint density at radius 2 is 1.72 bits per heavy atom. The summed E-state index contributed by atoms with van der Waals surface area (Å²) in [5.74, 6) is 0.699. The quantitative estimate of drug-likeness (QED) is 0.573. The first kappa shape index (κ1) is 19.3. The molecule has 0 radical (unpaired) electrons. The molecule has 150 valence electrons. The lowest BCUT2D eigenvalue weighted by Gasteiger charge is -2.24. The minimum Gasteiger partial charge on any atom is -0.366 e. The summed E-state index contributed by atoms with van der Waals surface area (Å²) in [6.45, 7) is 1.97. The molecule has 3 N–H and O–H groups in total. The van der Waals surface area contributed by atoms with Crippen LogP contribution in [0, 0.1) is 0 Å². The summed E-state index contributed by atoms with van der Waals surface area (Å²) in [4.78, 5) is 13.2. The Hall–Kier alpha value is -3.04. The van der Waals surface area contributed by atoms with E-state index >= 15 is 0 Å². The standard InChI is InChI=1S/C20H22N6O2S/c27-29(28,18-4-2-1-3-5-18)26-17-10-15(11-22-12-17)19-13-23-14-20(25-19)24-16-6-8-21-9-7-16/h1-5,10-14,16,21,26H,6-9H2,(H,24,25). The summed E-state index contributed by atoms with van der Waals surface area (Å²) in [6.07, 6.45) is 8.50. The molecule has 1 saturated heterocycles. The molecule has 4 rings (SSSR count). The minimum absolute atomic E-state index is 0.193. The molecule has 1 fully saturated rings. The summed E-state index contributed by atoms with van der Waals surface area (Å²) < 4.78 is 27.6. The third kappa shape index (κ3) is 4.87. The van der Waals surface area contributed by atoms with Gasteiger partial charge < -0.3 is 10.6 Å². The molecule has 1 aromatic carbocycles. The Kier molecular flexibility index (Phi) is 5.68. The van der Waals surface area contributed by atoms with Crippen LogP contribution in [0.15, 0.2) is 66.1 Å². The van der Waals surface area contributed by atoms with Crippen molar-refractivity contribution in [3.05, 3.63) is 61.2 Å². The number of rotatable bonds is 6. The Morgan fingerprint density at radius 1 is 0.966 bits per heavy atom. The van der Waals surface area contributed by atoms with Crippen molar-refractivity contribution in [2.75, 3.05) is 23.1 Å². The first-order chi connectivity index (χ1) is 14.1. The van der Waals surface area contributed by atoms with Gasteiger partial charge >= 0.3 is 0 Å². The highest BCUT2D eigenvalue weighted by molar-refractivity contribution is 7.92. The number of piperidine rings is 1. The van der Waals surface area contributed by atoms with Crippen LogP contribution in [0.2, 0.25) is 0 Å².